The van der Waals surface area contributed by atoms with Gasteiger partial charge in [0.1, 0.15) is 0 Å². The summed E-state index contributed by atoms with van der Waals surface area (Å²) in [6, 6.07) is 30.3. The molecule has 0 radical (unpaired) electrons. The van der Waals surface area contributed by atoms with Crippen LogP contribution in [0, 0.1) is 5.92 Å². The molecule has 0 aromatic heterocycles. The van der Waals surface area contributed by atoms with Gasteiger partial charge in [0.25, 0.3) is 0 Å². The predicted octanol–water partition coefficient (Wildman–Crippen LogP) is 7.56. The monoisotopic (exact) mass is 440 g/mol. The van der Waals surface area contributed by atoms with Gasteiger partial charge in [0.05, 0.1) is 22.5 Å². The summed E-state index contributed by atoms with van der Waals surface area (Å²) in [5.41, 5.74) is 0. The molecule has 0 spiro atoms. The fraction of sp³-hybridized carbons (Fsp3) is 0.208. The van der Waals surface area contributed by atoms with Crippen molar-refractivity contribution >= 4 is 41.5 Å². The molecule has 0 N–H and O–H groups in total. The van der Waals surface area contributed by atoms with E-state index in [1.54, 1.807) is 23.5 Å². The van der Waals surface area contributed by atoms with E-state index in [0.717, 1.165) is 39.6 Å². The zero-order valence-corrected chi connectivity index (χ0v) is 18.7. The summed E-state index contributed by atoms with van der Waals surface area (Å²) in [6.07, 6.45) is 1.72. The van der Waals surface area contributed by atoms with E-state index in [0.29, 0.717) is 0 Å². The molecule has 0 aliphatic carbocycles. The van der Waals surface area contributed by atoms with E-state index in [1.807, 2.05) is 66.7 Å². The third kappa shape index (κ3) is 7.18. The van der Waals surface area contributed by atoms with Crippen LogP contribution in [-0.2, 0) is 8.98 Å². The maximum atomic E-state index is 13.1. The van der Waals surface area contributed by atoms with Crippen molar-refractivity contribution in [2.45, 2.75) is 39.0 Å². The number of hydrogen-bond acceptors (Lipinski definition) is 5. The Morgan fingerprint density at radius 2 is 1.21 bits per heavy atom. The molecule has 3 rings (SSSR count). The summed E-state index contributed by atoms with van der Waals surface area (Å²) in [4.78, 5) is 16.3. The summed E-state index contributed by atoms with van der Waals surface area (Å²) >= 11 is 4.61. The fourth-order valence-corrected chi connectivity index (χ4v) is 6.18. The Bertz CT molecular complexity index is 816. The molecule has 2 nitrogen and oxygen atoms in total. The number of carbonyl (C=O) groups excluding carboxylic acids is 1. The van der Waals surface area contributed by atoms with Crippen LogP contribution in [0.15, 0.2) is 106 Å². The van der Waals surface area contributed by atoms with Crippen LogP contribution >= 0.6 is 35.6 Å². The number of rotatable bonds is 10. The fourth-order valence-electron chi connectivity index (χ4n) is 2.76. The molecule has 1 unspecified atom stereocenters. The number of hydrogen-bond donors (Lipinski definition) is 0. The summed E-state index contributed by atoms with van der Waals surface area (Å²) in [6.45, 7) is 2.11. The van der Waals surface area contributed by atoms with E-state index < -0.39 is 0 Å². The van der Waals surface area contributed by atoms with Crippen molar-refractivity contribution in [2.75, 3.05) is 0 Å². The molecule has 0 saturated carbocycles. The first-order valence-electron chi connectivity index (χ1n) is 9.63. The Balaban J connectivity index is 1.77. The van der Waals surface area contributed by atoms with Crippen LogP contribution in [0.2, 0.25) is 0 Å². The molecule has 0 heterocycles. The second-order valence-corrected chi connectivity index (χ2v) is 9.96. The highest BCUT2D eigenvalue weighted by molar-refractivity contribution is 8.17. The molecule has 0 bridgehead atoms. The van der Waals surface area contributed by atoms with Gasteiger partial charge in [-0.05, 0) is 42.8 Å². The molecule has 3 aromatic carbocycles. The quantitative estimate of drug-likeness (QED) is 0.184. The standard InChI is InChI=1S/C24H24O2S3/c1-2-12-22(23(25)26-29-21-17-10-5-11-18-21)24(27-19-13-6-3-7-14-19)28-20-15-8-4-9-16-20/h3-11,13-18,22,24H,2,12H2,1H3. The minimum Gasteiger partial charge on any atom is -0.386 e. The Morgan fingerprint density at radius 1 is 0.759 bits per heavy atom. The molecule has 150 valence electrons. The topological polar surface area (TPSA) is 26.3 Å². The predicted molar refractivity (Wildman–Crippen MR) is 125 cm³/mol. The van der Waals surface area contributed by atoms with Crippen LogP contribution in [0.3, 0.4) is 0 Å². The second kappa shape index (κ2) is 12.0. The van der Waals surface area contributed by atoms with Crippen molar-refractivity contribution in [2.24, 2.45) is 5.92 Å². The SMILES string of the molecule is CCCC(C(=O)OSc1ccccc1)C(Sc1ccccc1)Sc1ccccc1. The van der Waals surface area contributed by atoms with Crippen LogP contribution in [-0.4, -0.2) is 10.6 Å². The van der Waals surface area contributed by atoms with Gasteiger partial charge in [0, 0.05) is 14.7 Å². The Kier molecular flexibility index (Phi) is 9.06. The van der Waals surface area contributed by atoms with Crippen LogP contribution in [0.4, 0.5) is 0 Å². The van der Waals surface area contributed by atoms with E-state index in [2.05, 4.69) is 31.2 Å². The molecule has 0 aliphatic heterocycles. The maximum Gasteiger partial charge on any atom is 0.323 e. The highest BCUT2D eigenvalue weighted by Gasteiger charge is 2.31. The third-order valence-electron chi connectivity index (χ3n) is 4.19. The van der Waals surface area contributed by atoms with E-state index in [1.165, 1.54) is 0 Å². The lowest BCUT2D eigenvalue weighted by Gasteiger charge is -2.24. The van der Waals surface area contributed by atoms with Gasteiger partial charge in [0.15, 0.2) is 0 Å². The van der Waals surface area contributed by atoms with Crippen molar-refractivity contribution in [3.05, 3.63) is 91.0 Å². The first-order valence-corrected chi connectivity index (χ1v) is 12.1. The second-order valence-electron chi connectivity index (χ2n) is 6.42. The van der Waals surface area contributed by atoms with Crippen LogP contribution in [0.1, 0.15) is 19.8 Å². The molecule has 0 fully saturated rings. The Morgan fingerprint density at radius 3 is 1.66 bits per heavy atom. The van der Waals surface area contributed by atoms with E-state index in [9.17, 15) is 4.79 Å². The van der Waals surface area contributed by atoms with Crippen molar-refractivity contribution in [1.82, 2.24) is 0 Å². The van der Waals surface area contributed by atoms with Gasteiger partial charge in [-0.15, -0.1) is 23.5 Å². The molecule has 3 aromatic rings. The van der Waals surface area contributed by atoms with E-state index >= 15 is 0 Å². The van der Waals surface area contributed by atoms with E-state index in [4.69, 9.17) is 4.18 Å². The molecule has 0 amide bonds. The molecule has 29 heavy (non-hydrogen) atoms. The van der Waals surface area contributed by atoms with Crippen molar-refractivity contribution in [1.29, 1.82) is 0 Å². The Labute approximate surface area is 186 Å². The van der Waals surface area contributed by atoms with Crippen molar-refractivity contribution in [3.8, 4) is 0 Å². The number of thioether (sulfide) groups is 2. The van der Waals surface area contributed by atoms with Gasteiger partial charge >= 0.3 is 5.97 Å². The van der Waals surface area contributed by atoms with Crippen molar-refractivity contribution < 1.29 is 8.98 Å². The molecular weight excluding hydrogens is 416 g/mol. The maximum absolute atomic E-state index is 13.1. The lowest BCUT2D eigenvalue weighted by Crippen LogP contribution is -2.24. The highest BCUT2D eigenvalue weighted by Crippen LogP contribution is 2.42. The average Bonchev–Trinajstić information content (AvgIpc) is 2.77. The van der Waals surface area contributed by atoms with Gasteiger partial charge in [-0.3, -0.25) is 4.79 Å². The normalized spacial score (nSPS) is 11.9. The molecule has 0 aliphatic rings. The highest BCUT2D eigenvalue weighted by atomic mass is 32.2. The van der Waals surface area contributed by atoms with Gasteiger partial charge in [-0.25, -0.2) is 0 Å². The number of carbonyl (C=O) groups is 1. The molecular formula is C24H24O2S3. The van der Waals surface area contributed by atoms with Gasteiger partial charge in [-0.2, -0.15) is 0 Å². The minimum atomic E-state index is -0.202. The van der Waals surface area contributed by atoms with Gasteiger partial charge in [0.2, 0.25) is 0 Å². The first-order chi connectivity index (χ1) is 14.3. The summed E-state index contributed by atoms with van der Waals surface area (Å²) < 4.78 is 5.68. The molecule has 1 atom stereocenters. The van der Waals surface area contributed by atoms with Crippen LogP contribution in [0.25, 0.3) is 0 Å². The Hall–Kier alpha value is -1.82. The van der Waals surface area contributed by atoms with Gasteiger partial charge < -0.3 is 4.18 Å². The molecule has 5 heteroatoms. The van der Waals surface area contributed by atoms with Crippen molar-refractivity contribution in [3.63, 3.8) is 0 Å². The lowest BCUT2D eigenvalue weighted by atomic mass is 10.1. The zero-order valence-electron chi connectivity index (χ0n) is 16.3. The average molecular weight is 441 g/mol. The summed E-state index contributed by atoms with van der Waals surface area (Å²) in [5, 5.41) is 0. The summed E-state index contributed by atoms with van der Waals surface area (Å²) in [5.74, 6) is -0.357. The largest absolute Gasteiger partial charge is 0.386 e. The number of benzene rings is 3. The zero-order chi connectivity index (χ0) is 20.3. The smallest absolute Gasteiger partial charge is 0.323 e. The minimum absolute atomic E-state index is 0.0311. The molecule has 0 saturated heterocycles. The summed E-state index contributed by atoms with van der Waals surface area (Å²) in [7, 11) is 0. The van der Waals surface area contributed by atoms with Gasteiger partial charge in [-0.1, -0.05) is 67.9 Å². The first kappa shape index (κ1) is 21.9. The van der Waals surface area contributed by atoms with Crippen LogP contribution in [0.5, 0.6) is 0 Å². The third-order valence-corrected chi connectivity index (χ3v) is 7.68. The van der Waals surface area contributed by atoms with E-state index in [-0.39, 0.29) is 16.5 Å². The van der Waals surface area contributed by atoms with Crippen LogP contribution < -0.4 is 0 Å². The lowest BCUT2D eigenvalue weighted by molar-refractivity contribution is -0.137.